The standard InChI is InChI=1S/C12H15NO/c1-2-12(14)13-10-6-9-11-7-4-3-5-8-11/h3-9H,2,10H2,1H3,(H,13,14). The second kappa shape index (κ2) is 5.97. The van der Waals surface area contributed by atoms with E-state index >= 15 is 0 Å². The van der Waals surface area contributed by atoms with Gasteiger partial charge in [0.1, 0.15) is 0 Å². The molecule has 0 aliphatic carbocycles. The van der Waals surface area contributed by atoms with Crippen molar-refractivity contribution in [2.75, 3.05) is 6.54 Å². The van der Waals surface area contributed by atoms with Gasteiger partial charge in [0.25, 0.3) is 0 Å². The summed E-state index contributed by atoms with van der Waals surface area (Å²) < 4.78 is 0. The van der Waals surface area contributed by atoms with Crippen LogP contribution in [0.4, 0.5) is 0 Å². The third-order valence-electron chi connectivity index (χ3n) is 1.85. The molecule has 74 valence electrons. The number of hydrogen-bond donors (Lipinski definition) is 1. The molecular weight excluding hydrogens is 174 g/mol. The molecule has 0 saturated carbocycles. The zero-order valence-electron chi connectivity index (χ0n) is 8.36. The number of amides is 1. The molecule has 1 rings (SSSR count). The van der Waals surface area contributed by atoms with Crippen LogP contribution in [0.15, 0.2) is 36.4 Å². The topological polar surface area (TPSA) is 29.1 Å². The third kappa shape index (κ3) is 3.90. The molecule has 0 aromatic heterocycles. The Labute approximate surface area is 84.6 Å². The predicted molar refractivity (Wildman–Crippen MR) is 58.8 cm³/mol. The van der Waals surface area contributed by atoms with E-state index in [0.717, 1.165) is 5.56 Å². The summed E-state index contributed by atoms with van der Waals surface area (Å²) in [7, 11) is 0. The van der Waals surface area contributed by atoms with Crippen LogP contribution < -0.4 is 5.32 Å². The van der Waals surface area contributed by atoms with E-state index in [0.29, 0.717) is 13.0 Å². The van der Waals surface area contributed by atoms with Gasteiger partial charge in [0.15, 0.2) is 0 Å². The van der Waals surface area contributed by atoms with Crippen LogP contribution >= 0.6 is 0 Å². The number of benzene rings is 1. The van der Waals surface area contributed by atoms with Crippen molar-refractivity contribution in [3.8, 4) is 0 Å². The summed E-state index contributed by atoms with van der Waals surface area (Å²) in [6, 6.07) is 10.0. The van der Waals surface area contributed by atoms with Gasteiger partial charge in [0.2, 0.25) is 5.91 Å². The molecule has 14 heavy (non-hydrogen) atoms. The summed E-state index contributed by atoms with van der Waals surface area (Å²) in [5.74, 6) is 0.0858. The second-order valence-electron chi connectivity index (χ2n) is 2.97. The van der Waals surface area contributed by atoms with Gasteiger partial charge in [-0.1, -0.05) is 49.4 Å². The van der Waals surface area contributed by atoms with Crippen LogP contribution in [-0.2, 0) is 4.79 Å². The van der Waals surface area contributed by atoms with Crippen molar-refractivity contribution in [3.05, 3.63) is 42.0 Å². The maximum absolute atomic E-state index is 10.9. The van der Waals surface area contributed by atoms with Gasteiger partial charge in [-0.25, -0.2) is 0 Å². The van der Waals surface area contributed by atoms with E-state index in [1.54, 1.807) is 0 Å². The monoisotopic (exact) mass is 189 g/mol. The van der Waals surface area contributed by atoms with Gasteiger partial charge in [-0.05, 0) is 5.56 Å². The van der Waals surface area contributed by atoms with Gasteiger partial charge in [0, 0.05) is 13.0 Å². The van der Waals surface area contributed by atoms with Crippen molar-refractivity contribution >= 4 is 12.0 Å². The number of carbonyl (C=O) groups excluding carboxylic acids is 1. The van der Waals surface area contributed by atoms with Gasteiger partial charge < -0.3 is 5.32 Å². The fraction of sp³-hybridized carbons (Fsp3) is 0.250. The molecule has 0 unspecified atom stereocenters. The van der Waals surface area contributed by atoms with E-state index in [4.69, 9.17) is 0 Å². The van der Waals surface area contributed by atoms with Crippen LogP contribution in [0, 0.1) is 0 Å². The second-order valence-corrected chi connectivity index (χ2v) is 2.97. The van der Waals surface area contributed by atoms with Crippen LogP contribution in [0.25, 0.3) is 6.08 Å². The molecule has 2 nitrogen and oxygen atoms in total. The summed E-state index contributed by atoms with van der Waals surface area (Å²) in [5, 5.41) is 2.78. The molecule has 1 aromatic carbocycles. The molecule has 0 aliphatic rings. The van der Waals surface area contributed by atoms with Gasteiger partial charge >= 0.3 is 0 Å². The molecule has 0 saturated heterocycles. The highest BCUT2D eigenvalue weighted by molar-refractivity contribution is 5.75. The molecule has 0 bridgehead atoms. The van der Waals surface area contributed by atoms with Gasteiger partial charge in [-0.2, -0.15) is 0 Å². The average Bonchev–Trinajstić information content (AvgIpc) is 2.25. The SMILES string of the molecule is CCC(=O)NCC=Cc1ccccc1. The fourth-order valence-corrected chi connectivity index (χ4v) is 1.06. The molecule has 0 atom stereocenters. The first-order valence-electron chi connectivity index (χ1n) is 4.81. The Morgan fingerprint density at radius 1 is 1.36 bits per heavy atom. The molecular formula is C12H15NO. The highest BCUT2D eigenvalue weighted by Crippen LogP contribution is 1.99. The van der Waals surface area contributed by atoms with E-state index in [1.165, 1.54) is 0 Å². The lowest BCUT2D eigenvalue weighted by Gasteiger charge is -1.97. The molecule has 0 spiro atoms. The van der Waals surface area contributed by atoms with E-state index in [2.05, 4.69) is 5.32 Å². The fourth-order valence-electron chi connectivity index (χ4n) is 1.06. The minimum Gasteiger partial charge on any atom is -0.353 e. The van der Waals surface area contributed by atoms with E-state index in [-0.39, 0.29) is 5.91 Å². The Morgan fingerprint density at radius 2 is 2.07 bits per heavy atom. The minimum absolute atomic E-state index is 0.0858. The van der Waals surface area contributed by atoms with E-state index in [9.17, 15) is 4.79 Å². The maximum atomic E-state index is 10.9. The number of hydrogen-bond acceptors (Lipinski definition) is 1. The molecule has 0 radical (unpaired) electrons. The molecule has 1 N–H and O–H groups in total. The first kappa shape index (κ1) is 10.5. The van der Waals surface area contributed by atoms with Gasteiger partial charge in [-0.3, -0.25) is 4.79 Å². The molecule has 0 heterocycles. The largest absolute Gasteiger partial charge is 0.353 e. The van der Waals surface area contributed by atoms with Crippen molar-refractivity contribution in [2.45, 2.75) is 13.3 Å². The van der Waals surface area contributed by atoms with Crippen molar-refractivity contribution < 1.29 is 4.79 Å². The number of carbonyl (C=O) groups is 1. The van der Waals surface area contributed by atoms with Crippen LogP contribution in [0.3, 0.4) is 0 Å². The van der Waals surface area contributed by atoms with Crippen molar-refractivity contribution in [2.24, 2.45) is 0 Å². The summed E-state index contributed by atoms with van der Waals surface area (Å²) in [6.07, 6.45) is 4.48. The molecule has 1 amide bonds. The Kier molecular flexibility index (Phi) is 4.48. The Bertz CT molecular complexity index is 303. The number of nitrogens with one attached hydrogen (secondary N) is 1. The molecule has 0 fully saturated rings. The summed E-state index contributed by atoms with van der Waals surface area (Å²) in [4.78, 5) is 10.9. The average molecular weight is 189 g/mol. The summed E-state index contributed by atoms with van der Waals surface area (Å²) in [5.41, 5.74) is 1.15. The zero-order chi connectivity index (χ0) is 10.2. The lowest BCUT2D eigenvalue weighted by molar-refractivity contribution is -0.120. The lowest BCUT2D eigenvalue weighted by Crippen LogP contribution is -2.21. The Balaban J connectivity index is 2.31. The maximum Gasteiger partial charge on any atom is 0.219 e. The third-order valence-corrected chi connectivity index (χ3v) is 1.85. The van der Waals surface area contributed by atoms with Crippen LogP contribution in [0.2, 0.25) is 0 Å². The smallest absolute Gasteiger partial charge is 0.219 e. The van der Waals surface area contributed by atoms with Crippen molar-refractivity contribution in [1.29, 1.82) is 0 Å². The van der Waals surface area contributed by atoms with Gasteiger partial charge in [0.05, 0.1) is 0 Å². The normalized spacial score (nSPS) is 10.4. The first-order valence-corrected chi connectivity index (χ1v) is 4.81. The minimum atomic E-state index is 0.0858. The Hall–Kier alpha value is -1.57. The van der Waals surface area contributed by atoms with Crippen LogP contribution in [0.1, 0.15) is 18.9 Å². The molecule has 1 aromatic rings. The van der Waals surface area contributed by atoms with Crippen LogP contribution in [0.5, 0.6) is 0 Å². The highest BCUT2D eigenvalue weighted by Gasteiger charge is 1.91. The molecule has 2 heteroatoms. The predicted octanol–water partition coefficient (Wildman–Crippen LogP) is 2.23. The summed E-state index contributed by atoms with van der Waals surface area (Å²) >= 11 is 0. The van der Waals surface area contributed by atoms with E-state index < -0.39 is 0 Å². The molecule has 0 aliphatic heterocycles. The van der Waals surface area contributed by atoms with Crippen molar-refractivity contribution in [1.82, 2.24) is 5.32 Å². The summed E-state index contributed by atoms with van der Waals surface area (Å²) in [6.45, 7) is 2.44. The van der Waals surface area contributed by atoms with Crippen molar-refractivity contribution in [3.63, 3.8) is 0 Å². The Morgan fingerprint density at radius 3 is 2.71 bits per heavy atom. The van der Waals surface area contributed by atoms with E-state index in [1.807, 2.05) is 49.4 Å². The zero-order valence-corrected chi connectivity index (χ0v) is 8.36. The highest BCUT2D eigenvalue weighted by atomic mass is 16.1. The first-order chi connectivity index (χ1) is 6.83. The van der Waals surface area contributed by atoms with Crippen LogP contribution in [-0.4, -0.2) is 12.5 Å². The van der Waals surface area contributed by atoms with Gasteiger partial charge in [-0.15, -0.1) is 0 Å². The quantitative estimate of drug-likeness (QED) is 0.773. The lowest BCUT2D eigenvalue weighted by atomic mass is 10.2. The number of rotatable bonds is 4.